The molecule has 1 saturated heterocycles. The molecule has 11 nitrogen and oxygen atoms in total. The van der Waals surface area contributed by atoms with Crippen LogP contribution in [0.15, 0.2) is 53.9 Å². The van der Waals surface area contributed by atoms with Crippen LogP contribution in [0.1, 0.15) is 30.0 Å². The third-order valence-corrected chi connectivity index (χ3v) is 6.04. The Labute approximate surface area is 228 Å². The molecule has 2 aromatic heterocycles. The highest BCUT2D eigenvalue weighted by Crippen LogP contribution is 2.28. The van der Waals surface area contributed by atoms with Gasteiger partial charge in [0.1, 0.15) is 11.5 Å². The molecule has 0 radical (unpaired) electrons. The van der Waals surface area contributed by atoms with Crippen LogP contribution in [0.25, 0.3) is 0 Å². The number of anilines is 1. The smallest absolute Gasteiger partial charge is 0.434 e. The van der Waals surface area contributed by atoms with E-state index in [1.54, 1.807) is 18.7 Å². The summed E-state index contributed by atoms with van der Waals surface area (Å²) in [4.78, 5) is 53.3. The number of nitrogens with one attached hydrogen (secondary N) is 2. The number of halogens is 5. The lowest BCUT2D eigenvalue weighted by atomic mass is 9.97. The first kappa shape index (κ1) is 29.1. The number of aromatic amines is 1. The molecule has 216 valence electrons. The Balaban J connectivity index is 1.38. The van der Waals surface area contributed by atoms with Crippen molar-refractivity contribution in [3.05, 3.63) is 82.4 Å². The number of amides is 2. The summed E-state index contributed by atoms with van der Waals surface area (Å²) < 4.78 is 71.3. The molecule has 2 amide bonds. The number of carbonyl (C=O) groups is 2. The molecular formula is C25H22F5N7O4. The fourth-order valence-electron chi connectivity index (χ4n) is 4.04. The third-order valence-electron chi connectivity index (χ3n) is 6.04. The molecule has 0 unspecified atom stereocenters. The van der Waals surface area contributed by atoms with E-state index in [-0.39, 0.29) is 42.8 Å². The van der Waals surface area contributed by atoms with Crippen LogP contribution in [0.4, 0.5) is 27.8 Å². The van der Waals surface area contributed by atoms with Crippen LogP contribution in [0.3, 0.4) is 0 Å². The lowest BCUT2D eigenvalue weighted by molar-refractivity contribution is -0.142. The number of benzene rings is 1. The zero-order valence-electron chi connectivity index (χ0n) is 21.6. The number of hydrogen-bond acceptors (Lipinski definition) is 8. The second-order valence-corrected chi connectivity index (χ2v) is 9.47. The molecule has 0 spiro atoms. The first-order valence-corrected chi connectivity index (χ1v) is 11.8. The van der Waals surface area contributed by atoms with Gasteiger partial charge in [0.2, 0.25) is 11.6 Å². The minimum absolute atomic E-state index is 0.00603. The van der Waals surface area contributed by atoms with Gasteiger partial charge < -0.3 is 24.8 Å². The van der Waals surface area contributed by atoms with Gasteiger partial charge in [0.15, 0.2) is 17.4 Å². The van der Waals surface area contributed by atoms with Crippen molar-refractivity contribution in [1.82, 2.24) is 29.7 Å². The predicted molar refractivity (Wildman–Crippen MR) is 133 cm³/mol. The van der Waals surface area contributed by atoms with Crippen LogP contribution < -0.4 is 15.6 Å². The Hall–Kier alpha value is -4.89. The summed E-state index contributed by atoms with van der Waals surface area (Å²) >= 11 is 0. The minimum Gasteiger partial charge on any atom is -0.434 e. The van der Waals surface area contributed by atoms with E-state index in [2.05, 4.69) is 26.8 Å². The van der Waals surface area contributed by atoms with Crippen molar-refractivity contribution < 1.29 is 36.3 Å². The van der Waals surface area contributed by atoms with Crippen molar-refractivity contribution in [2.24, 2.45) is 0 Å². The number of hydrogen-bond donors (Lipinski definition) is 2. The number of H-pyrrole nitrogens is 1. The van der Waals surface area contributed by atoms with E-state index in [1.807, 2.05) is 4.98 Å². The molecule has 0 atom stereocenters. The SMILES string of the molecule is C=C(C(=O)Nc1cnc(Oc2ccc(F)cc2F)cn1)N1CCN(C(=O)c2c[nH]c(=O)c(C(F)(F)F)n2)C(C)(C)C1. The fourth-order valence-corrected chi connectivity index (χ4v) is 4.04. The molecule has 1 aliphatic rings. The van der Waals surface area contributed by atoms with Gasteiger partial charge in [0.25, 0.3) is 17.4 Å². The molecule has 0 saturated carbocycles. The number of aromatic nitrogens is 4. The summed E-state index contributed by atoms with van der Waals surface area (Å²) in [5.74, 6) is -3.57. The lowest BCUT2D eigenvalue weighted by Gasteiger charge is -2.47. The second-order valence-electron chi connectivity index (χ2n) is 9.47. The van der Waals surface area contributed by atoms with Crippen molar-refractivity contribution in [1.29, 1.82) is 0 Å². The van der Waals surface area contributed by atoms with E-state index in [0.29, 0.717) is 6.07 Å². The number of alkyl halides is 3. The van der Waals surface area contributed by atoms with Crippen LogP contribution in [-0.2, 0) is 11.0 Å². The van der Waals surface area contributed by atoms with Gasteiger partial charge in [-0.3, -0.25) is 14.4 Å². The van der Waals surface area contributed by atoms with Crippen molar-refractivity contribution >= 4 is 17.6 Å². The first-order chi connectivity index (χ1) is 19.2. The molecule has 3 aromatic rings. The maximum absolute atomic E-state index is 13.8. The van der Waals surface area contributed by atoms with Crippen molar-refractivity contribution in [3.63, 3.8) is 0 Å². The first-order valence-electron chi connectivity index (χ1n) is 11.8. The van der Waals surface area contributed by atoms with Crippen molar-refractivity contribution in [3.8, 4) is 11.6 Å². The summed E-state index contributed by atoms with van der Waals surface area (Å²) in [6.45, 7) is 7.29. The largest absolute Gasteiger partial charge is 0.438 e. The summed E-state index contributed by atoms with van der Waals surface area (Å²) in [5.41, 5.74) is -4.74. The highest BCUT2D eigenvalue weighted by atomic mass is 19.4. The maximum atomic E-state index is 13.8. The highest BCUT2D eigenvalue weighted by molar-refractivity contribution is 6.02. The fraction of sp³-hybridized carbons (Fsp3) is 0.280. The number of piperazine rings is 1. The molecule has 4 rings (SSSR count). The van der Waals surface area contributed by atoms with Gasteiger partial charge >= 0.3 is 6.18 Å². The molecule has 0 bridgehead atoms. The van der Waals surface area contributed by atoms with Crippen molar-refractivity contribution in [2.45, 2.75) is 25.6 Å². The summed E-state index contributed by atoms with van der Waals surface area (Å²) in [7, 11) is 0. The highest BCUT2D eigenvalue weighted by Gasteiger charge is 2.41. The molecular weight excluding hydrogens is 557 g/mol. The molecule has 16 heteroatoms. The monoisotopic (exact) mass is 579 g/mol. The Morgan fingerprint density at radius 2 is 1.88 bits per heavy atom. The Morgan fingerprint density at radius 1 is 1.15 bits per heavy atom. The normalized spacial score (nSPS) is 14.9. The van der Waals surface area contributed by atoms with E-state index in [1.165, 1.54) is 4.90 Å². The second kappa shape index (κ2) is 10.9. The van der Waals surface area contributed by atoms with Gasteiger partial charge in [0.05, 0.1) is 23.6 Å². The molecule has 1 aliphatic heterocycles. The van der Waals surface area contributed by atoms with Crippen molar-refractivity contribution in [2.75, 3.05) is 25.0 Å². The zero-order valence-corrected chi connectivity index (χ0v) is 21.6. The quantitative estimate of drug-likeness (QED) is 0.336. The zero-order chi connectivity index (χ0) is 30.1. The Morgan fingerprint density at radius 3 is 2.49 bits per heavy atom. The van der Waals surface area contributed by atoms with E-state index >= 15 is 0 Å². The van der Waals surface area contributed by atoms with Crippen LogP contribution in [-0.4, -0.2) is 66.7 Å². The van der Waals surface area contributed by atoms with Gasteiger partial charge in [-0.05, 0) is 26.0 Å². The van der Waals surface area contributed by atoms with E-state index in [9.17, 15) is 36.3 Å². The van der Waals surface area contributed by atoms with E-state index in [0.717, 1.165) is 30.7 Å². The van der Waals surface area contributed by atoms with Crippen LogP contribution >= 0.6 is 0 Å². The van der Waals surface area contributed by atoms with E-state index < -0.39 is 52.1 Å². The number of carbonyl (C=O) groups excluding carboxylic acids is 2. The van der Waals surface area contributed by atoms with Gasteiger partial charge in [-0.15, -0.1) is 0 Å². The minimum atomic E-state index is -5.04. The maximum Gasteiger partial charge on any atom is 0.438 e. The number of ether oxygens (including phenoxy) is 1. The summed E-state index contributed by atoms with van der Waals surface area (Å²) in [6.07, 6.45) is -1.96. The van der Waals surface area contributed by atoms with Crippen LogP contribution in [0.2, 0.25) is 0 Å². The van der Waals surface area contributed by atoms with Gasteiger partial charge in [-0.1, -0.05) is 6.58 Å². The topological polar surface area (TPSA) is 133 Å². The average molecular weight is 579 g/mol. The summed E-state index contributed by atoms with van der Waals surface area (Å²) in [5, 5.41) is 2.50. The Kier molecular flexibility index (Phi) is 7.76. The van der Waals surface area contributed by atoms with Gasteiger partial charge in [-0.2, -0.15) is 13.2 Å². The van der Waals surface area contributed by atoms with E-state index in [4.69, 9.17) is 4.74 Å². The average Bonchev–Trinajstić information content (AvgIpc) is 2.89. The number of nitrogens with zero attached hydrogens (tertiary/aromatic N) is 5. The molecule has 3 heterocycles. The molecule has 1 aromatic carbocycles. The number of rotatable bonds is 6. The van der Waals surface area contributed by atoms with Crippen LogP contribution in [0, 0.1) is 11.6 Å². The summed E-state index contributed by atoms with van der Waals surface area (Å²) in [6, 6.07) is 2.73. The third kappa shape index (κ3) is 6.47. The van der Waals surface area contributed by atoms with Crippen LogP contribution in [0.5, 0.6) is 11.6 Å². The molecule has 1 fully saturated rings. The predicted octanol–water partition coefficient (Wildman–Crippen LogP) is 3.34. The molecule has 0 aliphatic carbocycles. The standard InChI is InChI=1S/C25H22F5N7O4/c1-13(21(38)35-18-10-32-19(11-31-18)41-17-5-4-14(26)8-15(17)27)36-6-7-37(24(2,3)12-36)23(40)16-9-33-22(39)20(34-16)25(28,29)30/h4-5,8-11H,1,6-7,12H2,2-3H3,(H,33,39)(H,31,35,38). The molecule has 41 heavy (non-hydrogen) atoms. The van der Waals surface area contributed by atoms with Gasteiger partial charge in [0, 0.05) is 31.9 Å². The lowest BCUT2D eigenvalue weighted by Crippen LogP contribution is -2.61. The Bertz CT molecular complexity index is 1560. The van der Waals surface area contributed by atoms with Gasteiger partial charge in [-0.25, -0.2) is 23.7 Å². The molecule has 2 N–H and O–H groups in total.